The average Bonchev–Trinajstić information content (AvgIpc) is 2.09. The van der Waals surface area contributed by atoms with Crippen LogP contribution in [0, 0.1) is 0 Å². The van der Waals surface area contributed by atoms with Gasteiger partial charge in [-0.3, -0.25) is 4.79 Å². The highest BCUT2D eigenvalue weighted by molar-refractivity contribution is 8.22. The van der Waals surface area contributed by atoms with E-state index in [0.29, 0.717) is 6.41 Å². The van der Waals surface area contributed by atoms with Gasteiger partial charge in [-0.25, -0.2) is 4.31 Å². The van der Waals surface area contributed by atoms with Crippen molar-refractivity contribution in [3.63, 3.8) is 0 Å². The summed E-state index contributed by atoms with van der Waals surface area (Å²) in [4.78, 5) is 10.4. The summed E-state index contributed by atoms with van der Waals surface area (Å²) in [7, 11) is 5.41. The van der Waals surface area contributed by atoms with Crippen molar-refractivity contribution in [2.75, 3.05) is 4.31 Å². The lowest BCUT2D eigenvalue weighted by atomic mass is 10.3. The van der Waals surface area contributed by atoms with Crippen molar-refractivity contribution in [3.8, 4) is 0 Å². The summed E-state index contributed by atoms with van der Waals surface area (Å²) < 4.78 is 1.33. The number of carbonyl (C=O) groups excluding carboxylic acids is 1. The quantitative estimate of drug-likeness (QED) is 0.535. The normalized spacial score (nSPS) is 9.18. The SMILES string of the molecule is O=CN(SCl)c1ccccc1. The number of anilines is 1. The van der Waals surface area contributed by atoms with Gasteiger partial charge in [-0.05, 0) is 22.8 Å². The van der Waals surface area contributed by atoms with Gasteiger partial charge < -0.3 is 0 Å². The minimum Gasteiger partial charge on any atom is -0.277 e. The number of hydrogen-bond donors (Lipinski definition) is 0. The highest BCUT2D eigenvalue weighted by Crippen LogP contribution is 2.21. The van der Waals surface area contributed by atoms with E-state index >= 15 is 0 Å². The zero-order valence-electron chi connectivity index (χ0n) is 5.61. The third-order valence-corrected chi connectivity index (χ3v) is 2.07. The van der Waals surface area contributed by atoms with Crippen molar-refractivity contribution in [1.29, 1.82) is 0 Å². The number of para-hydroxylation sites is 1. The van der Waals surface area contributed by atoms with Crippen LogP contribution in [0.3, 0.4) is 0 Å². The highest BCUT2D eigenvalue weighted by Gasteiger charge is 2.01. The fourth-order valence-corrected chi connectivity index (χ4v) is 1.26. The number of rotatable bonds is 3. The summed E-state index contributed by atoms with van der Waals surface area (Å²) >= 11 is 0.861. The second kappa shape index (κ2) is 4.26. The van der Waals surface area contributed by atoms with Gasteiger partial charge in [0.1, 0.15) is 0 Å². The van der Waals surface area contributed by atoms with Crippen LogP contribution in [0.15, 0.2) is 30.3 Å². The average molecular weight is 188 g/mol. The summed E-state index contributed by atoms with van der Waals surface area (Å²) in [5, 5.41) is 0. The highest BCUT2D eigenvalue weighted by atomic mass is 35.7. The van der Waals surface area contributed by atoms with Crippen LogP contribution in [-0.4, -0.2) is 6.41 Å². The molecule has 0 heterocycles. The number of hydrogen-bond acceptors (Lipinski definition) is 2. The van der Waals surface area contributed by atoms with Crippen LogP contribution in [0.4, 0.5) is 5.69 Å². The molecule has 1 rings (SSSR count). The molecule has 0 fully saturated rings. The first kappa shape index (κ1) is 8.43. The molecule has 0 aliphatic carbocycles. The molecule has 1 aromatic rings. The topological polar surface area (TPSA) is 20.3 Å². The molecule has 0 saturated carbocycles. The molecule has 0 radical (unpaired) electrons. The Balaban J connectivity index is 2.82. The molecule has 0 aliphatic rings. The Morgan fingerprint density at radius 1 is 1.36 bits per heavy atom. The van der Waals surface area contributed by atoms with Gasteiger partial charge in [-0.1, -0.05) is 18.2 Å². The Kier molecular flexibility index (Phi) is 3.26. The molecule has 0 saturated heterocycles. The maximum atomic E-state index is 10.4. The molecular weight excluding hydrogens is 182 g/mol. The van der Waals surface area contributed by atoms with Crippen LogP contribution in [-0.2, 0) is 4.79 Å². The molecule has 0 unspecified atom stereocenters. The molecule has 58 valence electrons. The minimum atomic E-state index is 0.674. The lowest BCUT2D eigenvalue weighted by molar-refractivity contribution is -0.106. The van der Waals surface area contributed by atoms with Crippen LogP contribution < -0.4 is 4.31 Å². The van der Waals surface area contributed by atoms with Crippen molar-refractivity contribution in [2.24, 2.45) is 0 Å². The van der Waals surface area contributed by atoms with Crippen molar-refractivity contribution in [3.05, 3.63) is 30.3 Å². The lowest BCUT2D eigenvalue weighted by Gasteiger charge is -2.09. The zero-order chi connectivity index (χ0) is 8.10. The molecule has 0 N–H and O–H groups in total. The molecule has 0 bridgehead atoms. The summed E-state index contributed by atoms with van der Waals surface area (Å²) in [5.74, 6) is 0. The predicted molar refractivity (Wildman–Crippen MR) is 48.4 cm³/mol. The monoisotopic (exact) mass is 187 g/mol. The van der Waals surface area contributed by atoms with Gasteiger partial charge in [0.15, 0.2) is 0 Å². The standard InChI is InChI=1S/C7H6ClNOS/c8-11-9(6-10)7-4-2-1-3-5-7/h1-6H. The first-order chi connectivity index (χ1) is 5.38. The molecule has 11 heavy (non-hydrogen) atoms. The van der Waals surface area contributed by atoms with E-state index in [1.54, 1.807) is 0 Å². The first-order valence-corrected chi connectivity index (χ1v) is 4.56. The van der Waals surface area contributed by atoms with Crippen molar-refractivity contribution in [2.45, 2.75) is 0 Å². The van der Waals surface area contributed by atoms with E-state index in [1.165, 1.54) is 4.31 Å². The maximum Gasteiger partial charge on any atom is 0.225 e. The second-order valence-electron chi connectivity index (χ2n) is 1.84. The minimum absolute atomic E-state index is 0.674. The van der Waals surface area contributed by atoms with E-state index < -0.39 is 0 Å². The lowest BCUT2D eigenvalue weighted by Crippen LogP contribution is -2.07. The molecule has 0 atom stereocenters. The predicted octanol–water partition coefficient (Wildman–Crippen LogP) is 2.45. The molecule has 0 spiro atoms. The van der Waals surface area contributed by atoms with Crippen LogP contribution in [0.5, 0.6) is 0 Å². The van der Waals surface area contributed by atoms with Crippen LogP contribution in [0.1, 0.15) is 0 Å². The van der Waals surface area contributed by atoms with E-state index in [-0.39, 0.29) is 0 Å². The van der Waals surface area contributed by atoms with Crippen molar-refractivity contribution in [1.82, 2.24) is 0 Å². The van der Waals surface area contributed by atoms with E-state index in [1.807, 2.05) is 30.3 Å². The third-order valence-electron chi connectivity index (χ3n) is 1.18. The van der Waals surface area contributed by atoms with E-state index in [2.05, 4.69) is 0 Å². The van der Waals surface area contributed by atoms with Crippen LogP contribution in [0.25, 0.3) is 0 Å². The van der Waals surface area contributed by atoms with Gasteiger partial charge in [0.25, 0.3) is 0 Å². The van der Waals surface area contributed by atoms with Crippen molar-refractivity contribution < 1.29 is 4.79 Å². The summed E-state index contributed by atoms with van der Waals surface area (Å²) in [5.41, 5.74) is 0.780. The fraction of sp³-hybridized carbons (Fsp3) is 0. The largest absolute Gasteiger partial charge is 0.277 e. The van der Waals surface area contributed by atoms with Gasteiger partial charge in [0.05, 0.1) is 16.8 Å². The number of nitrogens with zero attached hydrogens (tertiary/aromatic N) is 1. The Bertz CT molecular complexity index is 229. The number of benzene rings is 1. The molecule has 4 heteroatoms. The van der Waals surface area contributed by atoms with E-state index in [4.69, 9.17) is 10.7 Å². The molecule has 0 aliphatic heterocycles. The number of carbonyl (C=O) groups is 1. The Morgan fingerprint density at radius 3 is 2.45 bits per heavy atom. The molecule has 1 amide bonds. The molecule has 1 aromatic carbocycles. The van der Waals surface area contributed by atoms with E-state index in [9.17, 15) is 4.79 Å². The van der Waals surface area contributed by atoms with Crippen molar-refractivity contribution >= 4 is 33.9 Å². The van der Waals surface area contributed by atoms with Gasteiger partial charge in [-0.15, -0.1) is 0 Å². The van der Waals surface area contributed by atoms with Crippen LogP contribution >= 0.6 is 21.8 Å². The van der Waals surface area contributed by atoms with Gasteiger partial charge in [0, 0.05) is 0 Å². The van der Waals surface area contributed by atoms with Gasteiger partial charge in [0.2, 0.25) is 6.41 Å². The van der Waals surface area contributed by atoms with Gasteiger partial charge >= 0.3 is 0 Å². The summed E-state index contributed by atoms with van der Waals surface area (Å²) in [6.07, 6.45) is 0.674. The Hall–Kier alpha value is -0.670. The maximum absolute atomic E-state index is 10.4. The van der Waals surface area contributed by atoms with Gasteiger partial charge in [-0.2, -0.15) is 0 Å². The van der Waals surface area contributed by atoms with Crippen LogP contribution in [0.2, 0.25) is 0 Å². The zero-order valence-corrected chi connectivity index (χ0v) is 7.18. The second-order valence-corrected chi connectivity index (χ2v) is 2.78. The summed E-state index contributed by atoms with van der Waals surface area (Å²) in [6, 6.07) is 9.19. The first-order valence-electron chi connectivity index (χ1n) is 2.97. The number of amides is 1. The Labute approximate surface area is 73.8 Å². The third kappa shape index (κ3) is 2.13. The fourth-order valence-electron chi connectivity index (χ4n) is 0.692. The Morgan fingerprint density at radius 2 is 2.00 bits per heavy atom. The molecular formula is C7H6ClNOS. The van der Waals surface area contributed by atoms with E-state index in [0.717, 1.165) is 16.8 Å². The number of halogens is 1. The summed E-state index contributed by atoms with van der Waals surface area (Å²) in [6.45, 7) is 0. The molecule has 2 nitrogen and oxygen atoms in total. The molecule has 0 aromatic heterocycles. The smallest absolute Gasteiger partial charge is 0.225 e.